The number of rotatable bonds is 5. The van der Waals surface area contributed by atoms with Crippen LogP contribution in [0.2, 0.25) is 0 Å². The summed E-state index contributed by atoms with van der Waals surface area (Å²) in [5.41, 5.74) is 0.151. The Kier molecular flexibility index (Phi) is 5.41. The zero-order chi connectivity index (χ0) is 14.6. The van der Waals surface area contributed by atoms with E-state index in [2.05, 4.69) is 25.7 Å². The predicted molar refractivity (Wildman–Crippen MR) is 77.7 cm³/mol. The molecule has 0 saturated carbocycles. The molecule has 5 nitrogen and oxygen atoms in total. The van der Waals surface area contributed by atoms with Gasteiger partial charge < -0.3 is 14.4 Å². The van der Waals surface area contributed by atoms with Crippen LogP contribution in [-0.2, 0) is 14.3 Å². The molecule has 0 aliphatic carbocycles. The van der Waals surface area contributed by atoms with Crippen molar-refractivity contribution in [3.05, 3.63) is 0 Å². The van der Waals surface area contributed by atoms with Crippen LogP contribution < -0.4 is 0 Å². The number of nitrogens with zero attached hydrogens (tertiary/aromatic N) is 2. The molecule has 2 heterocycles. The maximum atomic E-state index is 11.9. The van der Waals surface area contributed by atoms with Crippen molar-refractivity contribution in [1.29, 1.82) is 0 Å². The number of hydrogen-bond donors (Lipinski definition) is 0. The number of morpholine rings is 1. The van der Waals surface area contributed by atoms with Crippen molar-refractivity contribution in [1.82, 2.24) is 9.80 Å². The van der Waals surface area contributed by atoms with Crippen LogP contribution in [0.3, 0.4) is 0 Å². The zero-order valence-electron chi connectivity index (χ0n) is 13.1. The summed E-state index contributed by atoms with van der Waals surface area (Å²) in [6.45, 7) is 13.3. The van der Waals surface area contributed by atoms with Gasteiger partial charge in [-0.1, -0.05) is 20.8 Å². The van der Waals surface area contributed by atoms with Gasteiger partial charge in [0.05, 0.1) is 32.3 Å². The fraction of sp³-hybridized carbons (Fsp3) is 0.933. The van der Waals surface area contributed by atoms with E-state index in [4.69, 9.17) is 9.47 Å². The van der Waals surface area contributed by atoms with Crippen LogP contribution in [0.4, 0.5) is 0 Å². The highest BCUT2D eigenvalue weighted by Gasteiger charge is 2.32. The van der Waals surface area contributed by atoms with Crippen molar-refractivity contribution >= 4 is 5.91 Å². The van der Waals surface area contributed by atoms with Crippen molar-refractivity contribution in [2.75, 3.05) is 52.5 Å². The van der Waals surface area contributed by atoms with E-state index in [0.29, 0.717) is 13.0 Å². The quantitative estimate of drug-likeness (QED) is 0.755. The van der Waals surface area contributed by atoms with Gasteiger partial charge in [-0.2, -0.15) is 0 Å². The van der Waals surface area contributed by atoms with Gasteiger partial charge in [0, 0.05) is 32.7 Å². The van der Waals surface area contributed by atoms with Crippen LogP contribution >= 0.6 is 0 Å². The van der Waals surface area contributed by atoms with Crippen LogP contribution in [0, 0.1) is 5.41 Å². The average Bonchev–Trinajstić information content (AvgIpc) is 2.69. The summed E-state index contributed by atoms with van der Waals surface area (Å²) >= 11 is 0. The predicted octanol–water partition coefficient (Wildman–Crippen LogP) is 0.982. The van der Waals surface area contributed by atoms with E-state index >= 15 is 0 Å². The monoisotopic (exact) mass is 284 g/mol. The second kappa shape index (κ2) is 6.87. The van der Waals surface area contributed by atoms with Crippen molar-refractivity contribution in [3.63, 3.8) is 0 Å². The van der Waals surface area contributed by atoms with E-state index < -0.39 is 0 Å². The van der Waals surface area contributed by atoms with Gasteiger partial charge in [-0.3, -0.25) is 9.69 Å². The largest absolute Gasteiger partial charge is 0.379 e. The summed E-state index contributed by atoms with van der Waals surface area (Å²) in [6, 6.07) is 0. The van der Waals surface area contributed by atoms with Gasteiger partial charge in [0.2, 0.25) is 5.91 Å². The van der Waals surface area contributed by atoms with Crippen LogP contribution in [0.25, 0.3) is 0 Å². The van der Waals surface area contributed by atoms with Crippen LogP contribution in [-0.4, -0.2) is 74.4 Å². The van der Waals surface area contributed by atoms with Crippen LogP contribution in [0.5, 0.6) is 0 Å². The van der Waals surface area contributed by atoms with Gasteiger partial charge in [0.25, 0.3) is 0 Å². The summed E-state index contributed by atoms with van der Waals surface area (Å²) in [6.07, 6.45) is 0.616. The highest BCUT2D eigenvalue weighted by atomic mass is 16.5. The minimum absolute atomic E-state index is 0.0749. The molecule has 0 spiro atoms. The van der Waals surface area contributed by atoms with Gasteiger partial charge in [-0.15, -0.1) is 0 Å². The van der Waals surface area contributed by atoms with Gasteiger partial charge in [-0.05, 0) is 5.41 Å². The number of amides is 1. The first kappa shape index (κ1) is 15.7. The minimum atomic E-state index is 0.0749. The Balaban J connectivity index is 1.66. The number of carbonyl (C=O) groups is 1. The molecule has 2 aliphatic rings. The van der Waals surface area contributed by atoms with E-state index in [9.17, 15) is 4.79 Å². The van der Waals surface area contributed by atoms with Crippen LogP contribution in [0.1, 0.15) is 27.2 Å². The molecule has 1 atom stereocenters. The first-order valence-electron chi connectivity index (χ1n) is 7.63. The molecule has 1 amide bonds. The lowest BCUT2D eigenvalue weighted by Crippen LogP contribution is -2.39. The Morgan fingerprint density at radius 3 is 2.65 bits per heavy atom. The van der Waals surface area contributed by atoms with Crippen molar-refractivity contribution < 1.29 is 14.3 Å². The topological polar surface area (TPSA) is 42.0 Å². The molecule has 2 aliphatic heterocycles. The maximum Gasteiger partial charge on any atom is 0.225 e. The average molecular weight is 284 g/mol. The normalized spacial score (nSPS) is 25.4. The van der Waals surface area contributed by atoms with Crippen molar-refractivity contribution in [2.24, 2.45) is 5.41 Å². The molecule has 0 aromatic rings. The van der Waals surface area contributed by atoms with E-state index in [1.54, 1.807) is 0 Å². The lowest BCUT2D eigenvalue weighted by Gasteiger charge is -2.27. The maximum absolute atomic E-state index is 11.9. The molecule has 2 fully saturated rings. The molecule has 0 N–H and O–H groups in total. The van der Waals surface area contributed by atoms with Crippen molar-refractivity contribution in [3.8, 4) is 0 Å². The van der Waals surface area contributed by atoms with E-state index in [1.807, 2.05) is 4.90 Å². The molecule has 0 aromatic carbocycles. The van der Waals surface area contributed by atoms with Crippen molar-refractivity contribution in [2.45, 2.75) is 33.3 Å². The SMILES string of the molecule is CC(C)(C)CN1CC(OCCN2CCOCC2)CC1=O. The van der Waals surface area contributed by atoms with E-state index in [0.717, 1.165) is 45.9 Å². The summed E-state index contributed by atoms with van der Waals surface area (Å²) < 4.78 is 11.2. The summed E-state index contributed by atoms with van der Waals surface area (Å²) in [5, 5.41) is 0. The number of carbonyl (C=O) groups excluding carboxylic acids is 1. The molecule has 1 unspecified atom stereocenters. The summed E-state index contributed by atoms with van der Waals surface area (Å²) in [4.78, 5) is 16.2. The second-order valence-electron chi connectivity index (χ2n) is 6.99. The van der Waals surface area contributed by atoms with Gasteiger partial charge in [0.1, 0.15) is 0 Å². The molecule has 0 radical (unpaired) electrons. The Morgan fingerprint density at radius 2 is 2.00 bits per heavy atom. The molecule has 0 bridgehead atoms. The summed E-state index contributed by atoms with van der Waals surface area (Å²) in [5.74, 6) is 0.233. The molecule has 0 aromatic heterocycles. The Labute approximate surface area is 122 Å². The smallest absolute Gasteiger partial charge is 0.225 e. The fourth-order valence-corrected chi connectivity index (χ4v) is 2.75. The molecule has 2 saturated heterocycles. The van der Waals surface area contributed by atoms with E-state index in [-0.39, 0.29) is 17.4 Å². The Bertz CT molecular complexity index is 322. The van der Waals surface area contributed by atoms with Gasteiger partial charge >= 0.3 is 0 Å². The third kappa shape index (κ3) is 5.04. The second-order valence-corrected chi connectivity index (χ2v) is 6.99. The highest BCUT2D eigenvalue weighted by Crippen LogP contribution is 2.21. The standard InChI is InChI=1S/C15H28N2O3/c1-15(2,3)12-17-11-13(10-14(17)18)20-9-6-16-4-7-19-8-5-16/h13H,4-12H2,1-3H3. The number of hydrogen-bond acceptors (Lipinski definition) is 4. The Hall–Kier alpha value is -0.650. The number of likely N-dealkylation sites (tertiary alicyclic amines) is 1. The Morgan fingerprint density at radius 1 is 1.30 bits per heavy atom. The molecule has 2 rings (SSSR count). The lowest BCUT2D eigenvalue weighted by molar-refractivity contribution is -0.128. The molecule has 116 valence electrons. The first-order chi connectivity index (χ1) is 9.44. The molecule has 5 heteroatoms. The van der Waals surface area contributed by atoms with Gasteiger partial charge in [-0.25, -0.2) is 0 Å². The lowest BCUT2D eigenvalue weighted by atomic mass is 9.96. The minimum Gasteiger partial charge on any atom is -0.379 e. The molecule has 20 heavy (non-hydrogen) atoms. The number of ether oxygens (including phenoxy) is 2. The van der Waals surface area contributed by atoms with Gasteiger partial charge in [0.15, 0.2) is 0 Å². The highest BCUT2D eigenvalue weighted by molar-refractivity contribution is 5.79. The first-order valence-corrected chi connectivity index (χ1v) is 7.63. The molecular weight excluding hydrogens is 256 g/mol. The summed E-state index contributed by atoms with van der Waals surface area (Å²) in [7, 11) is 0. The fourth-order valence-electron chi connectivity index (χ4n) is 2.75. The van der Waals surface area contributed by atoms with E-state index in [1.165, 1.54) is 0 Å². The van der Waals surface area contributed by atoms with Crippen LogP contribution in [0.15, 0.2) is 0 Å². The third-order valence-corrected chi connectivity index (χ3v) is 3.71. The third-order valence-electron chi connectivity index (χ3n) is 3.71. The zero-order valence-corrected chi connectivity index (χ0v) is 13.1. The molecular formula is C15H28N2O3.